The molecule has 1 fully saturated rings. The van der Waals surface area contributed by atoms with Gasteiger partial charge >= 0.3 is 0 Å². The molecule has 5 rings (SSSR count). The number of hydrogen-bond donors (Lipinski definition) is 2. The van der Waals surface area contributed by atoms with Gasteiger partial charge in [-0.05, 0) is 62.5 Å². The highest BCUT2D eigenvalue weighted by molar-refractivity contribution is 6.03. The fourth-order valence-electron chi connectivity index (χ4n) is 4.27. The molecule has 2 aromatic heterocycles. The van der Waals surface area contributed by atoms with E-state index in [2.05, 4.69) is 37.1 Å². The average Bonchev–Trinajstić information content (AvgIpc) is 3.53. The van der Waals surface area contributed by atoms with Crippen LogP contribution in [0.5, 0.6) is 0 Å². The van der Waals surface area contributed by atoms with Gasteiger partial charge in [-0.25, -0.2) is 18.7 Å². The molecular formula is C26H27F2N7O. The van der Waals surface area contributed by atoms with Crippen LogP contribution in [-0.2, 0) is 0 Å². The molecule has 1 saturated heterocycles. The number of nitrogens with one attached hydrogen (secondary N) is 2. The molecule has 36 heavy (non-hydrogen) atoms. The first-order valence-corrected chi connectivity index (χ1v) is 11.8. The van der Waals surface area contributed by atoms with E-state index in [1.54, 1.807) is 12.1 Å². The fraction of sp³-hybridized carbons (Fsp3) is 0.269. The van der Waals surface area contributed by atoms with Crippen molar-refractivity contribution >= 4 is 17.3 Å². The number of likely N-dealkylation sites (N-methyl/N-ethyl adjacent to an activating group) is 1. The number of H-pyrrole nitrogens is 1. The van der Waals surface area contributed by atoms with E-state index in [0.29, 0.717) is 28.5 Å². The molecule has 0 spiro atoms. The summed E-state index contributed by atoms with van der Waals surface area (Å²) in [5.74, 6) is -0.444. The van der Waals surface area contributed by atoms with E-state index in [1.807, 2.05) is 24.3 Å². The van der Waals surface area contributed by atoms with E-state index in [9.17, 15) is 13.6 Å². The summed E-state index contributed by atoms with van der Waals surface area (Å²) in [6.07, 6.45) is 1.41. The highest BCUT2D eigenvalue weighted by Gasteiger charge is 2.21. The van der Waals surface area contributed by atoms with Gasteiger partial charge in [-0.15, -0.1) is 0 Å². The predicted octanol–water partition coefficient (Wildman–Crippen LogP) is 4.57. The molecule has 1 amide bonds. The normalized spacial score (nSPS) is 15.2. The monoisotopic (exact) mass is 491 g/mol. The predicted molar refractivity (Wildman–Crippen MR) is 135 cm³/mol. The molecule has 0 bridgehead atoms. The molecule has 186 valence electrons. The Hall–Kier alpha value is -4.05. The zero-order valence-electron chi connectivity index (χ0n) is 20.1. The number of hydrogen-bond acceptors (Lipinski definition) is 5. The number of carbonyl (C=O) groups excluding carboxylic acids is 1. The van der Waals surface area contributed by atoms with Crippen LogP contribution in [0, 0.1) is 5.82 Å². The lowest BCUT2D eigenvalue weighted by Crippen LogP contribution is -2.44. The highest BCUT2D eigenvalue weighted by atomic mass is 19.1. The molecule has 1 aliphatic rings. The van der Waals surface area contributed by atoms with Crippen molar-refractivity contribution in [2.24, 2.45) is 0 Å². The Morgan fingerprint density at radius 2 is 1.72 bits per heavy atom. The number of imidazole rings is 2. The summed E-state index contributed by atoms with van der Waals surface area (Å²) in [5, 5.41) is 2.87. The molecule has 0 saturated carbocycles. The lowest BCUT2D eigenvalue weighted by molar-refractivity contribution is 0.102. The fourth-order valence-corrected chi connectivity index (χ4v) is 4.27. The van der Waals surface area contributed by atoms with E-state index in [4.69, 9.17) is 0 Å². The Bertz CT molecular complexity index is 1340. The summed E-state index contributed by atoms with van der Waals surface area (Å²) in [5.41, 5.74) is 3.40. The Balaban J connectivity index is 1.33. The van der Waals surface area contributed by atoms with Crippen LogP contribution in [-0.4, -0.2) is 63.6 Å². The average molecular weight is 492 g/mol. The lowest BCUT2D eigenvalue weighted by Gasteiger charge is -2.34. The number of rotatable bonds is 6. The van der Waals surface area contributed by atoms with Crippen molar-refractivity contribution in [1.82, 2.24) is 24.4 Å². The van der Waals surface area contributed by atoms with Crippen molar-refractivity contribution in [2.45, 2.75) is 13.2 Å². The molecule has 0 radical (unpaired) electrons. The zero-order valence-corrected chi connectivity index (χ0v) is 20.1. The number of piperazine rings is 1. The molecule has 8 nitrogen and oxygen atoms in total. The van der Waals surface area contributed by atoms with Gasteiger partial charge in [0.1, 0.15) is 17.2 Å². The summed E-state index contributed by atoms with van der Waals surface area (Å²) in [6.45, 7) is 5.36. The first-order valence-electron chi connectivity index (χ1n) is 11.8. The van der Waals surface area contributed by atoms with Crippen molar-refractivity contribution in [3.05, 3.63) is 72.6 Å². The van der Waals surface area contributed by atoms with Crippen LogP contribution in [0.1, 0.15) is 23.7 Å². The highest BCUT2D eigenvalue weighted by Crippen LogP contribution is 2.32. The minimum atomic E-state index is -1.36. The van der Waals surface area contributed by atoms with Gasteiger partial charge in [0.25, 0.3) is 5.91 Å². The van der Waals surface area contributed by atoms with Crippen molar-refractivity contribution in [2.75, 3.05) is 43.4 Å². The molecule has 1 aliphatic heterocycles. The maximum Gasteiger partial charge on any atom is 0.273 e. The van der Waals surface area contributed by atoms with Gasteiger partial charge in [-0.3, -0.25) is 9.36 Å². The number of anilines is 2. The number of benzene rings is 2. The molecule has 3 heterocycles. The van der Waals surface area contributed by atoms with Gasteiger partial charge in [0, 0.05) is 43.1 Å². The van der Waals surface area contributed by atoms with Gasteiger partial charge in [0.2, 0.25) is 0 Å². The van der Waals surface area contributed by atoms with E-state index in [0.717, 1.165) is 31.9 Å². The molecule has 4 aromatic rings. The Kier molecular flexibility index (Phi) is 6.51. The van der Waals surface area contributed by atoms with Crippen LogP contribution in [0.4, 0.5) is 20.2 Å². The van der Waals surface area contributed by atoms with Crippen LogP contribution in [0.15, 0.2) is 61.1 Å². The van der Waals surface area contributed by atoms with E-state index in [1.165, 1.54) is 36.1 Å². The lowest BCUT2D eigenvalue weighted by atomic mass is 10.1. The van der Waals surface area contributed by atoms with Gasteiger partial charge in [0.15, 0.2) is 12.1 Å². The number of nitrogens with zero attached hydrogens (tertiary/aromatic N) is 5. The first kappa shape index (κ1) is 23.7. The smallest absolute Gasteiger partial charge is 0.273 e. The number of amides is 1. The molecule has 1 atom stereocenters. The summed E-state index contributed by atoms with van der Waals surface area (Å²) < 4.78 is 29.1. The second-order valence-corrected chi connectivity index (χ2v) is 8.87. The third kappa shape index (κ3) is 4.85. The zero-order chi connectivity index (χ0) is 25.2. The maximum atomic E-state index is 14.3. The molecule has 0 aliphatic carbocycles. The second kappa shape index (κ2) is 9.90. The van der Waals surface area contributed by atoms with Crippen LogP contribution < -0.4 is 10.2 Å². The molecule has 2 N–H and O–H groups in total. The minimum absolute atomic E-state index is 0.237. The molecule has 1 unspecified atom stereocenters. The van der Waals surface area contributed by atoms with Crippen molar-refractivity contribution in [3.63, 3.8) is 0 Å². The molecular weight excluding hydrogens is 464 g/mol. The number of halogens is 2. The van der Waals surface area contributed by atoms with Crippen LogP contribution in [0.25, 0.3) is 22.8 Å². The van der Waals surface area contributed by atoms with E-state index >= 15 is 0 Å². The summed E-state index contributed by atoms with van der Waals surface area (Å²) in [4.78, 5) is 29.1. The van der Waals surface area contributed by atoms with Crippen molar-refractivity contribution in [3.8, 4) is 22.8 Å². The topological polar surface area (TPSA) is 82.1 Å². The summed E-state index contributed by atoms with van der Waals surface area (Å²) in [6, 6.07) is 13.5. The van der Waals surface area contributed by atoms with E-state index < -0.39 is 12.1 Å². The largest absolute Gasteiger partial charge is 0.369 e. The maximum absolute atomic E-state index is 14.3. The number of aromatic amines is 1. The minimum Gasteiger partial charge on any atom is -0.369 e. The third-order valence-electron chi connectivity index (χ3n) is 6.33. The van der Waals surface area contributed by atoms with Crippen molar-refractivity contribution in [1.29, 1.82) is 0 Å². The standard InChI is InChI=1S/C26H27F2N7O/c1-17(27)35-16-30-23(24(35)18-3-5-19(28)6-4-18)25-29-15-22(32-25)26(36)31-20-7-9-21(10-8-20)34-13-11-33(2)12-14-34/h3-10,15-17H,11-14H2,1-2H3,(H,29,32)(H,31,36). The van der Waals surface area contributed by atoms with Gasteiger partial charge < -0.3 is 20.1 Å². The van der Waals surface area contributed by atoms with Crippen molar-refractivity contribution < 1.29 is 13.6 Å². The molecule has 10 heteroatoms. The quantitative estimate of drug-likeness (QED) is 0.413. The number of aromatic nitrogens is 4. The van der Waals surface area contributed by atoms with E-state index in [-0.39, 0.29) is 11.6 Å². The summed E-state index contributed by atoms with van der Waals surface area (Å²) >= 11 is 0. The third-order valence-corrected chi connectivity index (χ3v) is 6.33. The SMILES string of the molecule is CC(F)n1cnc(-c2ncc(C(=O)Nc3ccc(N4CCN(C)CC4)cc3)[nH]2)c1-c1ccc(F)cc1. The van der Waals surface area contributed by atoms with Gasteiger partial charge in [-0.1, -0.05) is 0 Å². The van der Waals surface area contributed by atoms with Gasteiger partial charge in [0.05, 0.1) is 18.2 Å². The molecule has 2 aromatic carbocycles. The van der Waals surface area contributed by atoms with Crippen LogP contribution in [0.2, 0.25) is 0 Å². The first-order chi connectivity index (χ1) is 17.4. The summed E-state index contributed by atoms with van der Waals surface area (Å²) in [7, 11) is 2.12. The van der Waals surface area contributed by atoms with Crippen LogP contribution >= 0.6 is 0 Å². The second-order valence-electron chi connectivity index (χ2n) is 8.87. The van der Waals surface area contributed by atoms with Crippen LogP contribution in [0.3, 0.4) is 0 Å². The Morgan fingerprint density at radius 1 is 1.03 bits per heavy atom. The number of alkyl halides is 1. The van der Waals surface area contributed by atoms with Gasteiger partial charge in [-0.2, -0.15) is 0 Å². The Labute approximate surface area is 207 Å². The Morgan fingerprint density at radius 3 is 2.39 bits per heavy atom. The number of carbonyl (C=O) groups is 1.